The Kier molecular flexibility index (Phi) is 5.19. The minimum Gasteiger partial charge on any atom is -0.308 e. The number of rotatable bonds is 5. The highest BCUT2D eigenvalue weighted by Gasteiger charge is 2.18. The highest BCUT2D eigenvalue weighted by Crippen LogP contribution is 2.20. The lowest BCUT2D eigenvalue weighted by Gasteiger charge is -2.16. The van der Waals surface area contributed by atoms with Crippen molar-refractivity contribution in [3.63, 3.8) is 0 Å². The Bertz CT molecular complexity index is 703. The van der Waals surface area contributed by atoms with Crippen molar-refractivity contribution >= 4 is 34.2 Å². The van der Waals surface area contributed by atoms with Crippen molar-refractivity contribution in [3.8, 4) is 0 Å². The summed E-state index contributed by atoms with van der Waals surface area (Å²) in [7, 11) is 0. The fourth-order valence-corrected chi connectivity index (χ4v) is 2.87. The molecule has 0 N–H and O–H groups in total. The van der Waals surface area contributed by atoms with Crippen molar-refractivity contribution in [2.45, 2.75) is 12.5 Å². The van der Waals surface area contributed by atoms with E-state index in [9.17, 15) is 14.9 Å². The van der Waals surface area contributed by atoms with Crippen LogP contribution < -0.4 is 5.56 Å². The number of pyridine rings is 1. The van der Waals surface area contributed by atoms with Crippen LogP contribution >= 0.6 is 28.6 Å². The first-order valence-corrected chi connectivity index (χ1v) is 7.65. The number of halogens is 1. The molecule has 110 valence electrons. The molecule has 0 aliphatic rings. The van der Waals surface area contributed by atoms with E-state index < -0.39 is 16.2 Å². The van der Waals surface area contributed by atoms with Gasteiger partial charge in [0, 0.05) is 29.2 Å². The Morgan fingerprint density at radius 2 is 2.00 bits per heavy atom. The third kappa shape index (κ3) is 3.74. The molecule has 7 heteroatoms. The molecule has 0 saturated carbocycles. The molecule has 21 heavy (non-hydrogen) atoms. The summed E-state index contributed by atoms with van der Waals surface area (Å²) < 4.78 is 1.86. The molecule has 1 unspecified atom stereocenters. The van der Waals surface area contributed by atoms with Gasteiger partial charge >= 0.3 is 11.2 Å². The van der Waals surface area contributed by atoms with Crippen LogP contribution in [0.2, 0.25) is 0 Å². The number of aromatic nitrogens is 1. The second-order valence-electron chi connectivity index (χ2n) is 4.55. The Hall–Kier alpha value is -1.60. The van der Waals surface area contributed by atoms with Gasteiger partial charge < -0.3 is 4.57 Å². The Labute approximate surface area is 135 Å². The van der Waals surface area contributed by atoms with E-state index in [0.29, 0.717) is 16.8 Å². The molecule has 0 radical (unpaired) electrons. The monoisotopic (exact) mass is 368 g/mol. The van der Waals surface area contributed by atoms with E-state index in [1.165, 1.54) is 10.6 Å². The summed E-state index contributed by atoms with van der Waals surface area (Å²) in [6.07, 6.45) is 1.56. The fraction of sp³-hybridized carbons (Fsp3) is 0.214. The number of hydrogen-bond acceptors (Lipinski definition) is 4. The van der Waals surface area contributed by atoms with Crippen LogP contribution in [0.4, 0.5) is 5.69 Å². The predicted octanol–water partition coefficient (Wildman–Crippen LogP) is 3.23. The summed E-state index contributed by atoms with van der Waals surface area (Å²) in [5.41, 5.74) is 0.00305. The van der Waals surface area contributed by atoms with E-state index in [1.54, 1.807) is 6.20 Å². The zero-order chi connectivity index (χ0) is 15.4. The van der Waals surface area contributed by atoms with E-state index in [-0.39, 0.29) is 5.92 Å². The maximum absolute atomic E-state index is 12.1. The van der Waals surface area contributed by atoms with Crippen molar-refractivity contribution in [2.24, 2.45) is 0 Å². The molecule has 0 saturated heterocycles. The third-order valence-corrected chi connectivity index (χ3v) is 4.01. The summed E-state index contributed by atoms with van der Waals surface area (Å²) in [6, 6.07) is 10.9. The van der Waals surface area contributed by atoms with Gasteiger partial charge in [-0.05, 0) is 27.2 Å². The summed E-state index contributed by atoms with van der Waals surface area (Å²) in [4.78, 5) is 22.4. The van der Waals surface area contributed by atoms with Crippen molar-refractivity contribution in [1.82, 2.24) is 4.57 Å². The summed E-state index contributed by atoms with van der Waals surface area (Å²) in [5.74, 6) is 0.540. The van der Waals surface area contributed by atoms with Crippen LogP contribution in [-0.2, 0) is 6.54 Å². The van der Waals surface area contributed by atoms with Gasteiger partial charge in [0.05, 0.1) is 4.92 Å². The van der Waals surface area contributed by atoms with Crippen LogP contribution in [0.15, 0.2) is 51.9 Å². The number of nitro groups is 1. The number of thiol groups is 1. The van der Waals surface area contributed by atoms with Gasteiger partial charge in [0.25, 0.3) is 0 Å². The minimum absolute atomic E-state index is 0.00105. The molecule has 0 aliphatic carbocycles. The molecular weight excluding hydrogens is 356 g/mol. The maximum atomic E-state index is 12.1. The highest BCUT2D eigenvalue weighted by molar-refractivity contribution is 9.10. The second kappa shape index (κ2) is 6.91. The van der Waals surface area contributed by atoms with Crippen LogP contribution in [0.5, 0.6) is 0 Å². The summed E-state index contributed by atoms with van der Waals surface area (Å²) in [5, 5.41) is 10.9. The van der Waals surface area contributed by atoms with E-state index in [1.807, 2.05) is 30.3 Å². The number of hydrogen-bond donors (Lipinski definition) is 1. The zero-order valence-corrected chi connectivity index (χ0v) is 13.5. The predicted molar refractivity (Wildman–Crippen MR) is 88.1 cm³/mol. The topological polar surface area (TPSA) is 65.1 Å². The van der Waals surface area contributed by atoms with Gasteiger partial charge in [-0.25, -0.2) is 0 Å². The van der Waals surface area contributed by atoms with Gasteiger partial charge in [-0.1, -0.05) is 30.3 Å². The summed E-state index contributed by atoms with van der Waals surface area (Å²) >= 11 is 7.52. The lowest BCUT2D eigenvalue weighted by Crippen LogP contribution is -2.25. The Morgan fingerprint density at radius 3 is 2.57 bits per heavy atom. The van der Waals surface area contributed by atoms with Gasteiger partial charge in [0.15, 0.2) is 0 Å². The van der Waals surface area contributed by atoms with Gasteiger partial charge in [0.2, 0.25) is 0 Å². The van der Waals surface area contributed by atoms with Crippen LogP contribution in [0.3, 0.4) is 0 Å². The Balaban J connectivity index is 2.39. The first kappa shape index (κ1) is 15.8. The average Bonchev–Trinajstić information content (AvgIpc) is 2.48. The van der Waals surface area contributed by atoms with E-state index in [2.05, 4.69) is 28.6 Å². The lowest BCUT2D eigenvalue weighted by molar-refractivity contribution is -0.386. The van der Waals surface area contributed by atoms with Gasteiger partial charge in [-0.15, -0.1) is 0 Å². The van der Waals surface area contributed by atoms with Crippen LogP contribution in [0.1, 0.15) is 11.5 Å². The van der Waals surface area contributed by atoms with Gasteiger partial charge in [-0.3, -0.25) is 14.9 Å². The average molecular weight is 369 g/mol. The van der Waals surface area contributed by atoms with Crippen LogP contribution in [-0.4, -0.2) is 15.2 Å². The molecule has 0 spiro atoms. The molecule has 2 rings (SSSR count). The van der Waals surface area contributed by atoms with E-state index >= 15 is 0 Å². The standard InChI is InChI=1S/C14H13BrN2O3S/c15-12-6-13(17(19)20)14(18)16(8-12)7-11(9-21)10-4-2-1-3-5-10/h1-6,8,11,21H,7,9H2. The lowest BCUT2D eigenvalue weighted by atomic mass is 10.0. The molecular formula is C14H13BrN2O3S. The Morgan fingerprint density at radius 1 is 1.33 bits per heavy atom. The van der Waals surface area contributed by atoms with E-state index in [0.717, 1.165) is 5.56 Å². The molecule has 0 amide bonds. The molecule has 1 aromatic heterocycles. The molecule has 0 aliphatic heterocycles. The number of benzene rings is 1. The molecule has 1 aromatic carbocycles. The minimum atomic E-state index is -0.665. The van der Waals surface area contributed by atoms with E-state index in [4.69, 9.17) is 0 Å². The van der Waals surface area contributed by atoms with Crippen molar-refractivity contribution in [1.29, 1.82) is 0 Å². The van der Waals surface area contributed by atoms with Crippen LogP contribution in [0.25, 0.3) is 0 Å². The first-order valence-electron chi connectivity index (χ1n) is 6.23. The second-order valence-corrected chi connectivity index (χ2v) is 5.83. The molecule has 1 atom stereocenters. The molecule has 2 aromatic rings. The molecule has 0 fully saturated rings. The fourth-order valence-electron chi connectivity index (χ4n) is 2.08. The zero-order valence-electron chi connectivity index (χ0n) is 11.0. The van der Waals surface area contributed by atoms with Crippen molar-refractivity contribution in [2.75, 3.05) is 5.75 Å². The first-order chi connectivity index (χ1) is 10.0. The number of nitrogens with zero attached hydrogens (tertiary/aromatic N) is 2. The largest absolute Gasteiger partial charge is 0.335 e. The maximum Gasteiger partial charge on any atom is 0.335 e. The quantitative estimate of drug-likeness (QED) is 0.500. The van der Waals surface area contributed by atoms with Crippen LogP contribution in [0, 0.1) is 10.1 Å². The van der Waals surface area contributed by atoms with Gasteiger partial charge in [0.1, 0.15) is 0 Å². The normalized spacial score (nSPS) is 12.1. The van der Waals surface area contributed by atoms with Crippen molar-refractivity contribution in [3.05, 3.63) is 73.1 Å². The third-order valence-electron chi connectivity index (χ3n) is 3.14. The summed E-state index contributed by atoms with van der Waals surface area (Å²) in [6.45, 7) is 0.340. The molecule has 1 heterocycles. The van der Waals surface area contributed by atoms with Gasteiger partial charge in [-0.2, -0.15) is 12.6 Å². The highest BCUT2D eigenvalue weighted by atomic mass is 79.9. The molecule has 0 bridgehead atoms. The van der Waals surface area contributed by atoms with Crippen molar-refractivity contribution < 1.29 is 4.92 Å². The molecule has 5 nitrogen and oxygen atoms in total. The SMILES string of the molecule is O=c1c([N+](=O)[O-])cc(Br)cn1CC(CS)c1ccccc1. The smallest absolute Gasteiger partial charge is 0.308 e.